The number of hydrogen-bond donors (Lipinski definition) is 1. The lowest BCUT2D eigenvalue weighted by atomic mass is 10.2. The third-order valence-corrected chi connectivity index (χ3v) is 7.45. The minimum atomic E-state index is -4.18. The van der Waals surface area contributed by atoms with E-state index in [-0.39, 0.29) is 22.2 Å². The number of nitrogens with one attached hydrogen (secondary N) is 1. The van der Waals surface area contributed by atoms with Crippen LogP contribution in [0.4, 0.5) is 5.69 Å². The van der Waals surface area contributed by atoms with Crippen LogP contribution in [-0.2, 0) is 26.1 Å². The Labute approximate surface area is 222 Å². The zero-order valence-corrected chi connectivity index (χ0v) is 22.2. The van der Waals surface area contributed by atoms with E-state index in [1.54, 1.807) is 48.5 Å². The Morgan fingerprint density at radius 3 is 2.35 bits per heavy atom. The number of methoxy groups -OCH3 is 1. The van der Waals surface area contributed by atoms with Gasteiger partial charge in [0.25, 0.3) is 0 Å². The summed E-state index contributed by atoms with van der Waals surface area (Å²) in [5.41, 5.74) is 1.47. The van der Waals surface area contributed by atoms with Gasteiger partial charge in [0, 0.05) is 17.3 Å². The number of carbonyl (C=O) groups excluding carboxylic acids is 2. The highest BCUT2D eigenvalue weighted by molar-refractivity contribution is 7.89. The maximum atomic E-state index is 13.6. The van der Waals surface area contributed by atoms with Gasteiger partial charge in [0.15, 0.2) is 0 Å². The summed E-state index contributed by atoms with van der Waals surface area (Å²) in [5.74, 6) is -0.884. The molecule has 0 spiro atoms. The number of sulfonamides is 1. The van der Waals surface area contributed by atoms with Crippen LogP contribution in [0, 0.1) is 0 Å². The molecule has 0 aliphatic rings. The summed E-state index contributed by atoms with van der Waals surface area (Å²) in [7, 11) is -2.82. The second-order valence-corrected chi connectivity index (χ2v) is 10.5. The fourth-order valence-electron chi connectivity index (χ4n) is 3.45. The molecule has 0 fully saturated rings. The second-order valence-electron chi connectivity index (χ2n) is 8.17. The van der Waals surface area contributed by atoms with Crippen molar-refractivity contribution in [3.8, 4) is 5.75 Å². The number of benzene rings is 3. The van der Waals surface area contributed by atoms with Crippen molar-refractivity contribution in [1.29, 1.82) is 0 Å². The fourth-order valence-corrected chi connectivity index (χ4v) is 5.25. The predicted molar refractivity (Wildman–Crippen MR) is 142 cm³/mol. The van der Waals surface area contributed by atoms with Crippen LogP contribution in [0.25, 0.3) is 0 Å². The lowest BCUT2D eigenvalue weighted by molar-refractivity contribution is -0.116. The van der Waals surface area contributed by atoms with Crippen molar-refractivity contribution in [3.05, 3.63) is 88.9 Å². The zero-order valence-electron chi connectivity index (χ0n) is 20.6. The molecule has 0 unspecified atom stereocenters. The van der Waals surface area contributed by atoms with Gasteiger partial charge in [0.1, 0.15) is 10.6 Å². The number of rotatable bonds is 12. The summed E-state index contributed by atoms with van der Waals surface area (Å²) in [6, 6.07) is 19.4. The van der Waals surface area contributed by atoms with Crippen molar-refractivity contribution < 1.29 is 27.5 Å². The number of ether oxygens (including phenoxy) is 2. The second kappa shape index (κ2) is 13.2. The number of amides is 1. The summed E-state index contributed by atoms with van der Waals surface area (Å²) >= 11 is 6.08. The van der Waals surface area contributed by atoms with Crippen molar-refractivity contribution >= 4 is 39.2 Å². The van der Waals surface area contributed by atoms with E-state index in [1.807, 2.05) is 13.0 Å². The van der Waals surface area contributed by atoms with Crippen LogP contribution in [0.3, 0.4) is 0 Å². The molecular weight excluding hydrogens is 516 g/mol. The summed E-state index contributed by atoms with van der Waals surface area (Å²) < 4.78 is 38.8. The Morgan fingerprint density at radius 2 is 1.70 bits per heavy atom. The van der Waals surface area contributed by atoms with Crippen molar-refractivity contribution in [1.82, 2.24) is 4.31 Å². The molecule has 1 amide bonds. The molecule has 1 N–H and O–H groups in total. The highest BCUT2D eigenvalue weighted by Crippen LogP contribution is 2.30. The number of unbranched alkanes of at least 4 members (excludes halogenated alkanes) is 1. The fraction of sp³-hybridized carbons (Fsp3) is 0.259. The summed E-state index contributed by atoms with van der Waals surface area (Å²) in [6.07, 6.45) is 1.70. The van der Waals surface area contributed by atoms with E-state index in [2.05, 4.69) is 5.32 Å². The van der Waals surface area contributed by atoms with Crippen LogP contribution in [0.5, 0.6) is 5.75 Å². The van der Waals surface area contributed by atoms with Gasteiger partial charge in [-0.1, -0.05) is 55.3 Å². The Bertz CT molecular complexity index is 1310. The molecule has 0 saturated carbocycles. The standard InChI is InChI=1S/C27H29ClN2O6S/c1-3-4-16-36-27(32)21-10-13-23(14-11-21)29-26(31)19-30(18-20-8-6-5-7-9-20)37(33,34)25-17-22(28)12-15-24(25)35-2/h5-15,17H,3-4,16,18-19H2,1-2H3,(H,29,31). The Kier molecular flexibility index (Phi) is 10.1. The van der Waals surface area contributed by atoms with E-state index in [9.17, 15) is 18.0 Å². The first-order valence-electron chi connectivity index (χ1n) is 11.7. The van der Waals surface area contributed by atoms with E-state index in [0.717, 1.165) is 17.1 Å². The van der Waals surface area contributed by atoms with Gasteiger partial charge in [0.2, 0.25) is 15.9 Å². The zero-order chi connectivity index (χ0) is 26.8. The molecule has 0 saturated heterocycles. The third kappa shape index (κ3) is 7.79. The minimum Gasteiger partial charge on any atom is -0.495 e. The van der Waals surface area contributed by atoms with E-state index in [0.29, 0.717) is 23.4 Å². The van der Waals surface area contributed by atoms with Gasteiger partial charge in [-0.05, 0) is 54.4 Å². The topological polar surface area (TPSA) is 102 Å². The summed E-state index contributed by atoms with van der Waals surface area (Å²) in [4.78, 5) is 24.9. The predicted octanol–water partition coefficient (Wildman–Crippen LogP) is 5.14. The van der Waals surface area contributed by atoms with Gasteiger partial charge < -0.3 is 14.8 Å². The van der Waals surface area contributed by atoms with Crippen LogP contribution in [0.2, 0.25) is 5.02 Å². The van der Waals surface area contributed by atoms with Crippen LogP contribution in [0.1, 0.15) is 35.7 Å². The molecule has 10 heteroatoms. The lowest BCUT2D eigenvalue weighted by Crippen LogP contribution is -2.37. The normalized spacial score (nSPS) is 11.2. The maximum Gasteiger partial charge on any atom is 0.338 e. The average molecular weight is 545 g/mol. The number of carbonyl (C=O) groups is 2. The molecule has 3 rings (SSSR count). The highest BCUT2D eigenvalue weighted by Gasteiger charge is 2.30. The first-order chi connectivity index (χ1) is 17.7. The van der Waals surface area contributed by atoms with E-state index >= 15 is 0 Å². The molecule has 0 aromatic heterocycles. The van der Waals surface area contributed by atoms with Gasteiger partial charge >= 0.3 is 5.97 Å². The smallest absolute Gasteiger partial charge is 0.338 e. The number of hydrogen-bond acceptors (Lipinski definition) is 6. The van der Waals surface area contributed by atoms with Gasteiger partial charge in [-0.15, -0.1) is 0 Å². The summed E-state index contributed by atoms with van der Waals surface area (Å²) in [5, 5.41) is 2.90. The molecule has 0 radical (unpaired) electrons. The minimum absolute atomic E-state index is 0.0468. The highest BCUT2D eigenvalue weighted by atomic mass is 35.5. The monoisotopic (exact) mass is 544 g/mol. The SMILES string of the molecule is CCCCOC(=O)c1ccc(NC(=O)CN(Cc2ccccc2)S(=O)(=O)c2cc(Cl)ccc2OC)cc1. The van der Waals surface area contributed by atoms with E-state index < -0.39 is 28.4 Å². The first kappa shape index (κ1) is 28.2. The van der Waals surface area contributed by atoms with Crippen molar-refractivity contribution in [3.63, 3.8) is 0 Å². The molecule has 3 aromatic rings. The molecule has 37 heavy (non-hydrogen) atoms. The van der Waals surface area contributed by atoms with Crippen LogP contribution >= 0.6 is 11.6 Å². The quantitative estimate of drug-likeness (QED) is 0.250. The van der Waals surface area contributed by atoms with Gasteiger partial charge in [0.05, 0.1) is 25.8 Å². The van der Waals surface area contributed by atoms with Crippen molar-refractivity contribution in [2.45, 2.75) is 31.2 Å². The molecule has 0 heterocycles. The van der Waals surface area contributed by atoms with E-state index in [1.165, 1.54) is 25.3 Å². The summed E-state index contributed by atoms with van der Waals surface area (Å²) in [6.45, 7) is 1.84. The van der Waals surface area contributed by atoms with Crippen LogP contribution in [-0.4, -0.2) is 44.9 Å². The van der Waals surface area contributed by atoms with Crippen LogP contribution in [0.15, 0.2) is 77.7 Å². The Balaban J connectivity index is 1.80. The van der Waals surface area contributed by atoms with Crippen LogP contribution < -0.4 is 10.1 Å². The van der Waals surface area contributed by atoms with Gasteiger partial charge in [-0.25, -0.2) is 13.2 Å². The number of esters is 1. The average Bonchev–Trinajstić information content (AvgIpc) is 2.89. The van der Waals surface area contributed by atoms with E-state index in [4.69, 9.17) is 21.1 Å². The number of halogens is 1. The third-order valence-electron chi connectivity index (χ3n) is 5.40. The molecule has 0 aliphatic heterocycles. The Morgan fingerprint density at radius 1 is 1.00 bits per heavy atom. The largest absolute Gasteiger partial charge is 0.495 e. The molecule has 3 aromatic carbocycles. The van der Waals surface area contributed by atoms with Crippen molar-refractivity contribution in [2.24, 2.45) is 0 Å². The maximum absolute atomic E-state index is 13.6. The molecule has 196 valence electrons. The van der Waals surface area contributed by atoms with Gasteiger partial charge in [-0.2, -0.15) is 4.31 Å². The van der Waals surface area contributed by atoms with Gasteiger partial charge in [-0.3, -0.25) is 4.79 Å². The molecule has 0 atom stereocenters. The lowest BCUT2D eigenvalue weighted by Gasteiger charge is -2.23. The molecule has 8 nitrogen and oxygen atoms in total. The molecular formula is C27H29ClN2O6S. The number of nitrogens with zero attached hydrogens (tertiary/aromatic N) is 1. The first-order valence-corrected chi connectivity index (χ1v) is 13.5. The van der Waals surface area contributed by atoms with Crippen molar-refractivity contribution in [2.75, 3.05) is 25.6 Å². The number of anilines is 1. The molecule has 0 bridgehead atoms. The molecule has 0 aliphatic carbocycles. The Hall–Kier alpha value is -3.40.